The molecule has 4 aromatic rings. The lowest BCUT2D eigenvalue weighted by Crippen LogP contribution is -2.06. The van der Waals surface area contributed by atoms with E-state index >= 15 is 0 Å². The zero-order valence-corrected chi connectivity index (χ0v) is 18.2. The number of ether oxygens (including phenoxy) is 1. The summed E-state index contributed by atoms with van der Waals surface area (Å²) in [5.74, 6) is 1.76. The zero-order valence-electron chi connectivity index (χ0n) is 17.4. The molecule has 0 amide bonds. The van der Waals surface area contributed by atoms with Crippen molar-refractivity contribution in [3.8, 4) is 22.8 Å². The first-order chi connectivity index (χ1) is 15.2. The van der Waals surface area contributed by atoms with Crippen LogP contribution < -0.4 is 4.74 Å². The first kappa shape index (κ1) is 20.8. The molecule has 7 heteroatoms. The van der Waals surface area contributed by atoms with E-state index in [1.54, 1.807) is 24.5 Å². The normalized spacial score (nSPS) is 10.8. The van der Waals surface area contributed by atoms with Crippen molar-refractivity contribution in [1.82, 2.24) is 19.7 Å². The maximum Gasteiger partial charge on any atom is 0.196 e. The number of rotatable bonds is 8. The van der Waals surface area contributed by atoms with Gasteiger partial charge in [-0.2, -0.15) is 0 Å². The molecule has 0 radical (unpaired) electrons. The van der Waals surface area contributed by atoms with Crippen molar-refractivity contribution in [2.45, 2.75) is 19.0 Å². The number of hydrogen-bond donors (Lipinski definition) is 0. The predicted molar refractivity (Wildman–Crippen MR) is 122 cm³/mol. The van der Waals surface area contributed by atoms with Gasteiger partial charge in [0.05, 0.1) is 18.0 Å². The van der Waals surface area contributed by atoms with Crippen molar-refractivity contribution in [1.29, 1.82) is 0 Å². The third kappa shape index (κ3) is 4.67. The Labute approximate surface area is 185 Å². The van der Waals surface area contributed by atoms with Crippen molar-refractivity contribution < 1.29 is 9.53 Å². The number of hydrogen-bond acceptors (Lipinski definition) is 6. The Hall–Kier alpha value is -3.45. The molecular formula is C24H22N4O2S. The molecule has 4 rings (SSSR count). The van der Waals surface area contributed by atoms with Crippen molar-refractivity contribution in [2.24, 2.45) is 0 Å². The van der Waals surface area contributed by atoms with Gasteiger partial charge in [-0.15, -0.1) is 10.2 Å². The largest absolute Gasteiger partial charge is 0.494 e. The van der Waals surface area contributed by atoms with Gasteiger partial charge in [0.25, 0.3) is 0 Å². The Morgan fingerprint density at radius 2 is 1.74 bits per heavy atom. The lowest BCUT2D eigenvalue weighted by atomic mass is 10.1. The number of nitrogens with zero attached hydrogens (tertiary/aromatic N) is 4. The standard InChI is InChI=1S/C24H22N4O2S/c1-3-30-20-10-8-18(9-11-20)22(29)16-31-24-27-26-23(19-12-14-25-15-13-19)28(24)21-7-5-4-6-17(21)2/h4-15H,3,16H2,1-2H3. The summed E-state index contributed by atoms with van der Waals surface area (Å²) < 4.78 is 7.45. The number of aromatic nitrogens is 4. The molecule has 0 spiro atoms. The number of para-hydroxylation sites is 1. The number of pyridine rings is 1. The Morgan fingerprint density at radius 1 is 1.00 bits per heavy atom. The molecule has 31 heavy (non-hydrogen) atoms. The van der Waals surface area contributed by atoms with Crippen LogP contribution in [0.1, 0.15) is 22.8 Å². The van der Waals surface area contributed by atoms with Crippen LogP contribution in [0.5, 0.6) is 5.75 Å². The van der Waals surface area contributed by atoms with Gasteiger partial charge < -0.3 is 4.74 Å². The monoisotopic (exact) mass is 430 g/mol. The highest BCUT2D eigenvalue weighted by Crippen LogP contribution is 2.29. The lowest BCUT2D eigenvalue weighted by Gasteiger charge is -2.12. The third-order valence-electron chi connectivity index (χ3n) is 4.75. The number of carbonyl (C=O) groups excluding carboxylic acids is 1. The fourth-order valence-electron chi connectivity index (χ4n) is 3.20. The fourth-order valence-corrected chi connectivity index (χ4v) is 4.04. The van der Waals surface area contributed by atoms with E-state index in [0.29, 0.717) is 23.2 Å². The summed E-state index contributed by atoms with van der Waals surface area (Å²) >= 11 is 1.38. The molecule has 0 aliphatic rings. The number of carbonyl (C=O) groups is 1. The number of ketones is 1. The molecule has 0 unspecified atom stereocenters. The zero-order chi connectivity index (χ0) is 21.6. The first-order valence-electron chi connectivity index (χ1n) is 9.98. The van der Waals surface area contributed by atoms with E-state index in [1.165, 1.54) is 11.8 Å². The van der Waals surface area contributed by atoms with Crippen LogP contribution in [0.2, 0.25) is 0 Å². The summed E-state index contributed by atoms with van der Waals surface area (Å²) in [4.78, 5) is 16.8. The van der Waals surface area contributed by atoms with Crippen molar-refractivity contribution >= 4 is 17.5 Å². The van der Waals surface area contributed by atoms with E-state index in [1.807, 2.05) is 66.9 Å². The molecule has 2 aromatic carbocycles. The first-order valence-corrected chi connectivity index (χ1v) is 11.0. The van der Waals surface area contributed by atoms with Gasteiger partial charge in [-0.3, -0.25) is 14.3 Å². The minimum absolute atomic E-state index is 0.0258. The maximum absolute atomic E-state index is 12.8. The van der Waals surface area contributed by atoms with Crippen LogP contribution in [0.25, 0.3) is 17.1 Å². The molecule has 0 saturated heterocycles. The topological polar surface area (TPSA) is 69.9 Å². The smallest absolute Gasteiger partial charge is 0.196 e. The lowest BCUT2D eigenvalue weighted by molar-refractivity contribution is 0.102. The van der Waals surface area contributed by atoms with Crippen molar-refractivity contribution in [3.63, 3.8) is 0 Å². The van der Waals surface area contributed by atoms with Gasteiger partial charge >= 0.3 is 0 Å². The van der Waals surface area contributed by atoms with E-state index in [-0.39, 0.29) is 11.5 Å². The molecule has 0 aliphatic carbocycles. The highest BCUT2D eigenvalue weighted by molar-refractivity contribution is 7.99. The molecule has 0 saturated carbocycles. The van der Waals surface area contributed by atoms with Gasteiger partial charge in [-0.05, 0) is 61.9 Å². The molecule has 0 atom stereocenters. The van der Waals surface area contributed by atoms with Crippen LogP contribution in [0.15, 0.2) is 78.2 Å². The molecule has 0 aliphatic heterocycles. The summed E-state index contributed by atoms with van der Waals surface area (Å²) in [5, 5.41) is 9.49. The van der Waals surface area contributed by atoms with Gasteiger partial charge in [0.15, 0.2) is 16.8 Å². The van der Waals surface area contributed by atoms with Gasteiger partial charge in [-0.25, -0.2) is 0 Å². The Balaban J connectivity index is 1.62. The van der Waals surface area contributed by atoms with E-state index in [0.717, 1.165) is 22.6 Å². The van der Waals surface area contributed by atoms with Crippen LogP contribution in [0.3, 0.4) is 0 Å². The second-order valence-corrected chi connectivity index (χ2v) is 7.78. The Kier molecular flexibility index (Phi) is 6.43. The van der Waals surface area contributed by atoms with E-state index in [2.05, 4.69) is 15.2 Å². The second kappa shape index (κ2) is 9.57. The van der Waals surface area contributed by atoms with Gasteiger partial charge in [0, 0.05) is 23.5 Å². The quantitative estimate of drug-likeness (QED) is 0.289. The van der Waals surface area contributed by atoms with Crippen LogP contribution in [-0.2, 0) is 0 Å². The van der Waals surface area contributed by atoms with Gasteiger partial charge in [-0.1, -0.05) is 30.0 Å². The van der Waals surface area contributed by atoms with E-state index < -0.39 is 0 Å². The number of thioether (sulfide) groups is 1. The minimum Gasteiger partial charge on any atom is -0.494 e. The average Bonchev–Trinajstić information content (AvgIpc) is 3.23. The average molecular weight is 431 g/mol. The second-order valence-electron chi connectivity index (χ2n) is 6.83. The predicted octanol–water partition coefficient (Wildman–Crippen LogP) is 5.01. The number of Topliss-reactive ketones (excluding diaryl/α,β-unsaturated/α-hetero) is 1. The molecule has 2 aromatic heterocycles. The molecular weight excluding hydrogens is 408 g/mol. The summed E-state index contributed by atoms with van der Waals surface area (Å²) in [6.45, 7) is 4.57. The molecule has 2 heterocycles. The molecule has 0 fully saturated rings. The van der Waals surface area contributed by atoms with Crippen molar-refractivity contribution in [3.05, 3.63) is 84.2 Å². The third-order valence-corrected chi connectivity index (χ3v) is 5.68. The highest BCUT2D eigenvalue weighted by atomic mass is 32.2. The highest BCUT2D eigenvalue weighted by Gasteiger charge is 2.18. The Morgan fingerprint density at radius 3 is 2.45 bits per heavy atom. The van der Waals surface area contributed by atoms with Crippen LogP contribution in [0.4, 0.5) is 0 Å². The van der Waals surface area contributed by atoms with Crippen LogP contribution >= 0.6 is 11.8 Å². The summed E-state index contributed by atoms with van der Waals surface area (Å²) in [6, 6.07) is 19.1. The van der Waals surface area contributed by atoms with E-state index in [4.69, 9.17) is 4.74 Å². The van der Waals surface area contributed by atoms with Crippen LogP contribution in [-0.4, -0.2) is 37.9 Å². The van der Waals surface area contributed by atoms with Crippen molar-refractivity contribution in [2.75, 3.05) is 12.4 Å². The molecule has 0 N–H and O–H groups in total. The van der Waals surface area contributed by atoms with E-state index in [9.17, 15) is 4.79 Å². The Bertz CT molecular complexity index is 1170. The maximum atomic E-state index is 12.8. The minimum atomic E-state index is 0.0258. The van der Waals surface area contributed by atoms with Gasteiger partial charge in [0.2, 0.25) is 0 Å². The SMILES string of the molecule is CCOc1ccc(C(=O)CSc2nnc(-c3ccncc3)n2-c2ccccc2C)cc1. The summed E-state index contributed by atoms with van der Waals surface area (Å²) in [7, 11) is 0. The summed E-state index contributed by atoms with van der Waals surface area (Å²) in [6.07, 6.45) is 3.46. The molecule has 0 bridgehead atoms. The van der Waals surface area contributed by atoms with Gasteiger partial charge in [0.1, 0.15) is 5.75 Å². The number of benzene rings is 2. The molecule has 6 nitrogen and oxygen atoms in total. The summed E-state index contributed by atoms with van der Waals surface area (Å²) in [5.41, 5.74) is 3.63. The molecule has 156 valence electrons. The van der Waals surface area contributed by atoms with Crippen LogP contribution in [0, 0.1) is 6.92 Å². The fraction of sp³-hybridized carbons (Fsp3) is 0.167. The number of aryl methyl sites for hydroxylation is 1.